The number of amides is 2. The Kier molecular flexibility index (Phi) is 8.35. The number of carbonyl (C=O) groups is 2. The molecule has 0 fully saturated rings. The van der Waals surface area contributed by atoms with Gasteiger partial charge in [-0.25, -0.2) is 13.1 Å². The van der Waals surface area contributed by atoms with Crippen LogP contribution in [-0.4, -0.2) is 26.8 Å². The average Bonchev–Trinajstić information content (AvgIpc) is 2.66. The summed E-state index contributed by atoms with van der Waals surface area (Å²) in [5.74, 6) is -0.250. The van der Waals surface area contributed by atoms with Gasteiger partial charge in [-0.05, 0) is 56.2 Å². The summed E-state index contributed by atoms with van der Waals surface area (Å²) in [6, 6.07) is 13.6. The molecule has 0 saturated carbocycles. The fourth-order valence-corrected chi connectivity index (χ4v) is 3.73. The lowest BCUT2D eigenvalue weighted by Gasteiger charge is -2.08. The molecule has 156 valence electrons. The molecule has 0 aliphatic carbocycles. The molecule has 0 saturated heterocycles. The van der Waals surface area contributed by atoms with Crippen LogP contribution in [0.2, 0.25) is 0 Å². The molecule has 2 rings (SSSR count). The molecule has 2 amide bonds. The van der Waals surface area contributed by atoms with E-state index in [-0.39, 0.29) is 16.7 Å². The van der Waals surface area contributed by atoms with Crippen molar-refractivity contribution in [1.29, 1.82) is 0 Å². The van der Waals surface area contributed by atoms with Gasteiger partial charge in [-0.2, -0.15) is 0 Å². The predicted octanol–water partition coefficient (Wildman–Crippen LogP) is 3.43. The second-order valence-corrected chi connectivity index (χ2v) is 8.60. The first-order chi connectivity index (χ1) is 13.8. The molecule has 0 bridgehead atoms. The Labute approximate surface area is 172 Å². The number of anilines is 2. The van der Waals surface area contributed by atoms with Crippen molar-refractivity contribution in [2.75, 3.05) is 17.2 Å². The van der Waals surface area contributed by atoms with Crippen molar-refractivity contribution in [3.63, 3.8) is 0 Å². The van der Waals surface area contributed by atoms with Crippen molar-refractivity contribution in [3.8, 4) is 0 Å². The maximum Gasteiger partial charge on any atom is 0.240 e. The largest absolute Gasteiger partial charge is 0.326 e. The number of sulfonamides is 1. The minimum atomic E-state index is -3.49. The van der Waals surface area contributed by atoms with Crippen molar-refractivity contribution in [3.05, 3.63) is 54.1 Å². The Balaban J connectivity index is 1.64. The van der Waals surface area contributed by atoms with Gasteiger partial charge in [0.25, 0.3) is 0 Å². The van der Waals surface area contributed by atoms with Crippen LogP contribution in [-0.2, 0) is 19.6 Å². The van der Waals surface area contributed by atoms with E-state index in [1.54, 1.807) is 48.5 Å². The summed E-state index contributed by atoms with van der Waals surface area (Å²) in [6.45, 7) is 3.67. The van der Waals surface area contributed by atoms with E-state index in [1.807, 2.05) is 6.92 Å². The summed E-state index contributed by atoms with van der Waals surface area (Å²) in [5.41, 5.74) is 2.34. The molecule has 8 heteroatoms. The quantitative estimate of drug-likeness (QED) is 0.515. The SMILES string of the molecule is CC(=O)Nc1ccc(NC(=O)CCCCCNS(=O)(=O)c2ccc(C)cc2)cc1. The van der Waals surface area contributed by atoms with Gasteiger partial charge in [0.2, 0.25) is 21.8 Å². The van der Waals surface area contributed by atoms with Crippen molar-refractivity contribution in [2.45, 2.75) is 44.4 Å². The molecule has 0 unspecified atom stereocenters. The number of aryl methyl sites for hydroxylation is 1. The molecule has 0 heterocycles. The molecular formula is C21H27N3O4S. The second-order valence-electron chi connectivity index (χ2n) is 6.83. The van der Waals surface area contributed by atoms with Crippen LogP contribution in [0.25, 0.3) is 0 Å². The van der Waals surface area contributed by atoms with Gasteiger partial charge in [-0.15, -0.1) is 0 Å². The van der Waals surface area contributed by atoms with E-state index in [2.05, 4.69) is 15.4 Å². The van der Waals surface area contributed by atoms with E-state index in [9.17, 15) is 18.0 Å². The number of hydrogen-bond donors (Lipinski definition) is 3. The molecular weight excluding hydrogens is 390 g/mol. The van der Waals surface area contributed by atoms with Gasteiger partial charge in [0.15, 0.2) is 0 Å². The van der Waals surface area contributed by atoms with Crippen LogP contribution in [0, 0.1) is 6.92 Å². The summed E-state index contributed by atoms with van der Waals surface area (Å²) >= 11 is 0. The Bertz CT molecular complexity index is 923. The number of hydrogen-bond acceptors (Lipinski definition) is 4. The zero-order valence-electron chi connectivity index (χ0n) is 16.7. The maximum absolute atomic E-state index is 12.2. The molecule has 29 heavy (non-hydrogen) atoms. The minimum absolute atomic E-state index is 0.0995. The number of rotatable bonds is 10. The van der Waals surface area contributed by atoms with Crippen LogP contribution in [0.5, 0.6) is 0 Å². The van der Waals surface area contributed by atoms with Crippen molar-refractivity contribution < 1.29 is 18.0 Å². The monoisotopic (exact) mass is 417 g/mol. The van der Waals surface area contributed by atoms with Gasteiger partial charge in [-0.3, -0.25) is 9.59 Å². The zero-order valence-corrected chi connectivity index (χ0v) is 17.5. The highest BCUT2D eigenvalue weighted by molar-refractivity contribution is 7.89. The third-order valence-electron chi connectivity index (χ3n) is 4.19. The van der Waals surface area contributed by atoms with E-state index < -0.39 is 10.0 Å². The highest BCUT2D eigenvalue weighted by atomic mass is 32.2. The molecule has 3 N–H and O–H groups in total. The first kappa shape index (κ1) is 22.6. The smallest absolute Gasteiger partial charge is 0.240 e. The topological polar surface area (TPSA) is 104 Å². The fourth-order valence-electron chi connectivity index (χ4n) is 2.66. The van der Waals surface area contributed by atoms with Gasteiger partial charge in [0.1, 0.15) is 0 Å². The summed E-state index contributed by atoms with van der Waals surface area (Å²) in [4.78, 5) is 23.2. The van der Waals surface area contributed by atoms with Crippen LogP contribution in [0.15, 0.2) is 53.4 Å². The molecule has 0 aromatic heterocycles. The number of benzene rings is 2. The summed E-state index contributed by atoms with van der Waals surface area (Å²) in [5, 5.41) is 5.46. The summed E-state index contributed by atoms with van der Waals surface area (Å²) < 4.78 is 26.9. The summed E-state index contributed by atoms with van der Waals surface area (Å²) in [6.07, 6.45) is 2.43. The molecule has 0 aliphatic heterocycles. The predicted molar refractivity (Wildman–Crippen MR) is 114 cm³/mol. The molecule has 0 atom stereocenters. The zero-order chi connectivity index (χ0) is 21.3. The first-order valence-electron chi connectivity index (χ1n) is 9.50. The Hall–Kier alpha value is -2.71. The standard InChI is InChI=1S/C21H27N3O4S/c1-16-7-13-20(14-8-16)29(27,28)22-15-5-3-4-6-21(26)24-19-11-9-18(10-12-19)23-17(2)25/h7-14,22H,3-6,15H2,1-2H3,(H,23,25)(H,24,26). The average molecular weight is 418 g/mol. The van der Waals surface area contributed by atoms with Gasteiger partial charge in [0.05, 0.1) is 4.90 Å². The van der Waals surface area contributed by atoms with Crippen LogP contribution < -0.4 is 15.4 Å². The van der Waals surface area contributed by atoms with E-state index in [0.717, 1.165) is 12.0 Å². The Morgan fingerprint density at radius 3 is 2.00 bits per heavy atom. The molecule has 2 aromatic carbocycles. The fraction of sp³-hybridized carbons (Fsp3) is 0.333. The molecule has 0 aliphatic rings. The lowest BCUT2D eigenvalue weighted by Crippen LogP contribution is -2.24. The molecule has 7 nitrogen and oxygen atoms in total. The van der Waals surface area contributed by atoms with Gasteiger partial charge >= 0.3 is 0 Å². The highest BCUT2D eigenvalue weighted by Gasteiger charge is 2.12. The highest BCUT2D eigenvalue weighted by Crippen LogP contribution is 2.14. The van der Waals surface area contributed by atoms with Gasteiger partial charge < -0.3 is 10.6 Å². The lowest BCUT2D eigenvalue weighted by atomic mass is 10.2. The van der Waals surface area contributed by atoms with E-state index in [1.165, 1.54) is 6.92 Å². The summed E-state index contributed by atoms with van der Waals surface area (Å²) in [7, 11) is -3.49. The third-order valence-corrected chi connectivity index (χ3v) is 5.67. The van der Waals surface area contributed by atoms with E-state index in [0.29, 0.717) is 37.2 Å². The molecule has 2 aromatic rings. The number of nitrogens with one attached hydrogen (secondary N) is 3. The van der Waals surface area contributed by atoms with Crippen LogP contribution in [0.3, 0.4) is 0 Å². The van der Waals surface area contributed by atoms with Gasteiger partial charge in [-0.1, -0.05) is 24.1 Å². The number of carbonyl (C=O) groups excluding carboxylic acids is 2. The van der Waals surface area contributed by atoms with E-state index >= 15 is 0 Å². The maximum atomic E-state index is 12.2. The number of unbranched alkanes of at least 4 members (excludes halogenated alkanes) is 2. The van der Waals surface area contributed by atoms with Crippen LogP contribution in [0.4, 0.5) is 11.4 Å². The third kappa shape index (κ3) is 8.05. The first-order valence-corrected chi connectivity index (χ1v) is 11.0. The normalized spacial score (nSPS) is 11.1. The second kappa shape index (κ2) is 10.7. The van der Waals surface area contributed by atoms with Gasteiger partial charge in [0, 0.05) is 31.3 Å². The molecule has 0 radical (unpaired) electrons. The van der Waals surface area contributed by atoms with Crippen LogP contribution in [0.1, 0.15) is 38.2 Å². The Morgan fingerprint density at radius 2 is 1.41 bits per heavy atom. The van der Waals surface area contributed by atoms with E-state index in [4.69, 9.17) is 0 Å². The van der Waals surface area contributed by atoms with Crippen molar-refractivity contribution in [1.82, 2.24) is 4.72 Å². The van der Waals surface area contributed by atoms with Crippen molar-refractivity contribution >= 4 is 33.2 Å². The molecule has 0 spiro atoms. The minimum Gasteiger partial charge on any atom is -0.326 e. The van der Waals surface area contributed by atoms with Crippen LogP contribution >= 0.6 is 0 Å². The lowest BCUT2D eigenvalue weighted by molar-refractivity contribution is -0.116. The Morgan fingerprint density at radius 1 is 0.828 bits per heavy atom. The van der Waals surface area contributed by atoms with Crippen molar-refractivity contribution in [2.24, 2.45) is 0 Å².